The molecule has 114 valence electrons. The fraction of sp³-hybridized carbons (Fsp3) is 0.231. The van der Waals surface area contributed by atoms with Crippen LogP contribution in [0.5, 0.6) is 5.75 Å². The minimum absolute atomic E-state index is 0.0248. The van der Waals surface area contributed by atoms with Gasteiger partial charge >= 0.3 is 0 Å². The molecule has 0 saturated heterocycles. The first-order chi connectivity index (χ1) is 10.6. The third-order valence-electron chi connectivity index (χ3n) is 2.99. The summed E-state index contributed by atoms with van der Waals surface area (Å²) in [6, 6.07) is 3.24. The van der Waals surface area contributed by atoms with Crippen LogP contribution >= 0.6 is 0 Å². The molecule has 3 heterocycles. The molecule has 1 unspecified atom stereocenters. The van der Waals surface area contributed by atoms with E-state index < -0.39 is 11.9 Å². The van der Waals surface area contributed by atoms with Crippen LogP contribution in [0.15, 0.2) is 18.3 Å². The van der Waals surface area contributed by atoms with Crippen molar-refractivity contribution < 1.29 is 13.9 Å². The van der Waals surface area contributed by atoms with E-state index >= 15 is 0 Å². The van der Waals surface area contributed by atoms with E-state index in [1.165, 1.54) is 0 Å². The van der Waals surface area contributed by atoms with E-state index in [4.69, 9.17) is 4.74 Å². The Kier molecular flexibility index (Phi) is 3.45. The fourth-order valence-corrected chi connectivity index (χ4v) is 1.86. The molecule has 0 aromatic carbocycles. The van der Waals surface area contributed by atoms with Gasteiger partial charge < -0.3 is 20.7 Å². The number of pyridine rings is 1. The molecule has 1 amide bonds. The van der Waals surface area contributed by atoms with Crippen LogP contribution in [0.1, 0.15) is 6.92 Å². The number of hydrogen-bond donors (Lipinski definition) is 3. The second kappa shape index (κ2) is 5.43. The first-order valence-electron chi connectivity index (χ1n) is 6.52. The number of ether oxygens (including phenoxy) is 1. The topological polar surface area (TPSA) is 101 Å². The van der Waals surface area contributed by atoms with Crippen LogP contribution in [0, 0.1) is 5.82 Å². The average Bonchev–Trinajstić information content (AvgIpc) is 2.51. The second-order valence-corrected chi connectivity index (χ2v) is 4.56. The number of nitrogens with zero attached hydrogens (tertiary/aromatic N) is 3. The zero-order chi connectivity index (χ0) is 15.7. The van der Waals surface area contributed by atoms with Crippen LogP contribution in [-0.2, 0) is 4.79 Å². The predicted molar refractivity (Wildman–Crippen MR) is 77.8 cm³/mol. The van der Waals surface area contributed by atoms with Crippen molar-refractivity contribution in [3.05, 3.63) is 24.1 Å². The maximum absolute atomic E-state index is 13.7. The first kappa shape index (κ1) is 14.0. The Balaban J connectivity index is 1.88. The van der Waals surface area contributed by atoms with Gasteiger partial charge in [-0.2, -0.15) is 4.98 Å². The van der Waals surface area contributed by atoms with Gasteiger partial charge in [-0.15, -0.1) is 0 Å². The third kappa shape index (κ3) is 2.60. The molecule has 1 aliphatic heterocycles. The lowest BCUT2D eigenvalue weighted by Gasteiger charge is -2.22. The summed E-state index contributed by atoms with van der Waals surface area (Å²) in [5, 5.41) is 8.07. The van der Waals surface area contributed by atoms with Crippen molar-refractivity contribution >= 4 is 29.3 Å². The van der Waals surface area contributed by atoms with Crippen molar-refractivity contribution in [3.63, 3.8) is 0 Å². The lowest BCUT2D eigenvalue weighted by Crippen LogP contribution is -2.34. The predicted octanol–water partition coefficient (Wildman–Crippen LogP) is 1.52. The SMILES string of the molecule is CNc1ncc(F)c(Nc2ccc3c(n2)NC(=O)C(C)O3)n1. The highest BCUT2D eigenvalue weighted by Crippen LogP contribution is 2.30. The summed E-state index contributed by atoms with van der Waals surface area (Å²) in [6.45, 7) is 1.64. The Morgan fingerprint density at radius 3 is 2.95 bits per heavy atom. The number of carbonyl (C=O) groups excluding carboxylic acids is 1. The van der Waals surface area contributed by atoms with Gasteiger partial charge in [0.2, 0.25) is 5.95 Å². The molecule has 3 N–H and O–H groups in total. The maximum atomic E-state index is 13.7. The molecule has 9 heteroatoms. The Labute approximate surface area is 125 Å². The molecular formula is C13H13FN6O2. The smallest absolute Gasteiger partial charge is 0.266 e. The summed E-state index contributed by atoms with van der Waals surface area (Å²) in [5.41, 5.74) is 0. The molecular weight excluding hydrogens is 291 g/mol. The van der Waals surface area contributed by atoms with Crippen LogP contribution in [-0.4, -0.2) is 34.0 Å². The van der Waals surface area contributed by atoms with Crippen molar-refractivity contribution in [2.75, 3.05) is 23.0 Å². The quantitative estimate of drug-likeness (QED) is 0.790. The molecule has 2 aromatic rings. The van der Waals surface area contributed by atoms with Gasteiger partial charge in [-0.25, -0.2) is 14.4 Å². The van der Waals surface area contributed by atoms with Gasteiger partial charge in [0.25, 0.3) is 5.91 Å². The Bertz CT molecular complexity index is 738. The molecule has 2 aromatic heterocycles. The number of hydrogen-bond acceptors (Lipinski definition) is 7. The van der Waals surface area contributed by atoms with Crippen molar-refractivity contribution in [1.29, 1.82) is 0 Å². The van der Waals surface area contributed by atoms with E-state index in [-0.39, 0.29) is 23.5 Å². The van der Waals surface area contributed by atoms with Gasteiger partial charge in [0.1, 0.15) is 5.82 Å². The molecule has 0 fully saturated rings. The Morgan fingerprint density at radius 1 is 1.36 bits per heavy atom. The monoisotopic (exact) mass is 304 g/mol. The number of aromatic nitrogens is 3. The molecule has 1 atom stereocenters. The third-order valence-corrected chi connectivity index (χ3v) is 2.99. The van der Waals surface area contributed by atoms with Crippen LogP contribution in [0.2, 0.25) is 0 Å². The van der Waals surface area contributed by atoms with Gasteiger partial charge in [0, 0.05) is 7.05 Å². The molecule has 0 aliphatic carbocycles. The molecule has 3 rings (SSSR count). The highest BCUT2D eigenvalue weighted by molar-refractivity contribution is 5.96. The lowest BCUT2D eigenvalue weighted by atomic mass is 10.3. The Hall–Kier alpha value is -2.97. The number of carbonyl (C=O) groups is 1. The van der Waals surface area contributed by atoms with E-state index in [2.05, 4.69) is 30.9 Å². The number of anilines is 4. The van der Waals surface area contributed by atoms with E-state index in [1.54, 1.807) is 26.1 Å². The van der Waals surface area contributed by atoms with Crippen LogP contribution in [0.4, 0.5) is 27.8 Å². The summed E-state index contributed by atoms with van der Waals surface area (Å²) in [6.07, 6.45) is 0.470. The Morgan fingerprint density at radius 2 is 2.18 bits per heavy atom. The van der Waals surface area contributed by atoms with E-state index in [0.717, 1.165) is 6.20 Å². The molecule has 0 radical (unpaired) electrons. The molecule has 8 nitrogen and oxygen atoms in total. The number of halogens is 1. The number of nitrogens with one attached hydrogen (secondary N) is 3. The largest absolute Gasteiger partial charge is 0.477 e. The summed E-state index contributed by atoms with van der Waals surface area (Å²) < 4.78 is 19.1. The normalized spacial score (nSPS) is 16.3. The first-order valence-corrected chi connectivity index (χ1v) is 6.52. The van der Waals surface area contributed by atoms with Gasteiger partial charge in [0.05, 0.1) is 6.20 Å². The summed E-state index contributed by atoms with van der Waals surface area (Å²) >= 11 is 0. The highest BCUT2D eigenvalue weighted by Gasteiger charge is 2.24. The van der Waals surface area contributed by atoms with Gasteiger partial charge in [-0.05, 0) is 19.1 Å². The van der Waals surface area contributed by atoms with Gasteiger partial charge in [-0.1, -0.05) is 0 Å². The second-order valence-electron chi connectivity index (χ2n) is 4.56. The summed E-state index contributed by atoms with van der Waals surface area (Å²) in [7, 11) is 1.63. The van der Waals surface area contributed by atoms with E-state index in [0.29, 0.717) is 11.6 Å². The van der Waals surface area contributed by atoms with Crippen LogP contribution in [0.25, 0.3) is 0 Å². The van der Waals surface area contributed by atoms with Crippen LogP contribution < -0.4 is 20.7 Å². The number of fused-ring (bicyclic) bond motifs is 1. The minimum Gasteiger partial charge on any atom is -0.477 e. The van der Waals surface area contributed by atoms with E-state index in [1.807, 2.05) is 0 Å². The number of amides is 1. The van der Waals surface area contributed by atoms with E-state index in [9.17, 15) is 9.18 Å². The standard InChI is InChI=1S/C13H13FN6O2/c1-6-12(21)19-11-8(22-6)3-4-9(18-11)17-10-7(14)5-16-13(15-2)20-10/h3-6H,1-2H3,(H3,15,16,17,18,19,20,21). The molecule has 0 spiro atoms. The molecule has 1 aliphatic rings. The van der Waals surface area contributed by atoms with Crippen molar-refractivity contribution in [1.82, 2.24) is 15.0 Å². The minimum atomic E-state index is -0.618. The van der Waals surface area contributed by atoms with Crippen molar-refractivity contribution in [2.45, 2.75) is 13.0 Å². The number of rotatable bonds is 3. The maximum Gasteiger partial charge on any atom is 0.266 e. The summed E-state index contributed by atoms with van der Waals surface area (Å²) in [4.78, 5) is 23.5. The van der Waals surface area contributed by atoms with Crippen molar-refractivity contribution in [2.24, 2.45) is 0 Å². The molecule has 22 heavy (non-hydrogen) atoms. The molecule has 0 saturated carbocycles. The average molecular weight is 304 g/mol. The molecule has 0 bridgehead atoms. The highest BCUT2D eigenvalue weighted by atomic mass is 19.1. The fourth-order valence-electron chi connectivity index (χ4n) is 1.86. The van der Waals surface area contributed by atoms with Crippen molar-refractivity contribution in [3.8, 4) is 5.75 Å². The van der Waals surface area contributed by atoms with Gasteiger partial charge in [0.15, 0.2) is 29.3 Å². The van der Waals surface area contributed by atoms with Crippen LogP contribution in [0.3, 0.4) is 0 Å². The van der Waals surface area contributed by atoms with Gasteiger partial charge in [-0.3, -0.25) is 4.79 Å². The zero-order valence-corrected chi connectivity index (χ0v) is 11.8. The zero-order valence-electron chi connectivity index (χ0n) is 11.8. The lowest BCUT2D eigenvalue weighted by molar-refractivity contribution is -0.122. The summed E-state index contributed by atoms with van der Waals surface area (Å²) in [5.74, 6) is 0.385.